The zero-order valence-corrected chi connectivity index (χ0v) is 27.7. The number of rotatable bonds is 9. The van der Waals surface area contributed by atoms with Crippen molar-refractivity contribution in [3.8, 4) is 0 Å². The molecule has 1 saturated heterocycles. The van der Waals surface area contributed by atoms with Crippen molar-refractivity contribution >= 4 is 31.9 Å². The van der Waals surface area contributed by atoms with E-state index in [1.54, 1.807) is 7.11 Å². The van der Waals surface area contributed by atoms with Crippen LogP contribution < -0.4 is 0 Å². The molecule has 6 aliphatic rings. The zero-order chi connectivity index (χ0) is 31.1. The van der Waals surface area contributed by atoms with E-state index in [2.05, 4.69) is 16.7 Å². The van der Waals surface area contributed by atoms with Gasteiger partial charge >= 0.3 is 22.1 Å². The summed E-state index contributed by atoms with van der Waals surface area (Å²) < 4.78 is 85.3. The Morgan fingerprint density at radius 3 is 2.55 bits per heavy atom. The Kier molecular flexibility index (Phi) is 9.59. The van der Waals surface area contributed by atoms with Gasteiger partial charge in [0.1, 0.15) is 6.54 Å². The molecule has 6 rings (SSSR count). The second kappa shape index (κ2) is 13.0. The highest BCUT2D eigenvalue weighted by Gasteiger charge is 2.71. The molecule has 4 fully saturated rings. The van der Waals surface area contributed by atoms with Gasteiger partial charge in [0.2, 0.25) is 11.1 Å². The minimum Gasteiger partial charge on any atom is -0.748 e. The van der Waals surface area contributed by atoms with Crippen molar-refractivity contribution in [1.82, 2.24) is 0 Å². The van der Waals surface area contributed by atoms with Crippen LogP contribution in [0.5, 0.6) is 0 Å². The van der Waals surface area contributed by atoms with Gasteiger partial charge in [-0.2, -0.15) is 21.9 Å². The van der Waals surface area contributed by atoms with Crippen LogP contribution in [-0.2, 0) is 29.4 Å². The lowest BCUT2D eigenvalue weighted by atomic mass is 9.71. The van der Waals surface area contributed by atoms with Crippen LogP contribution in [0.25, 0.3) is 0 Å². The number of allylic oxidation sites excluding steroid dienone is 2. The van der Waals surface area contributed by atoms with Crippen LogP contribution in [0.4, 0.5) is 0 Å². The molecule has 246 valence electrons. The molecule has 3 saturated carbocycles. The Hall–Kier alpha value is -1.44. The van der Waals surface area contributed by atoms with Crippen LogP contribution in [0, 0.1) is 17.8 Å². The van der Waals surface area contributed by atoms with Gasteiger partial charge in [0, 0.05) is 57.5 Å². The number of methoxy groups -OCH3 is 1. The maximum Gasteiger partial charge on any atom is 0.518 e. The summed E-state index contributed by atoms with van der Waals surface area (Å²) in [6.07, 6.45) is 20.2. The van der Waals surface area contributed by atoms with Gasteiger partial charge in [-0.05, 0) is 37.5 Å². The minimum absolute atomic E-state index is 0.00206. The van der Waals surface area contributed by atoms with Gasteiger partial charge in [0.15, 0.2) is 17.8 Å². The average Bonchev–Trinajstić information content (AvgIpc) is 3.58. The van der Waals surface area contributed by atoms with Crippen molar-refractivity contribution < 1.29 is 44.2 Å². The summed E-state index contributed by atoms with van der Waals surface area (Å²) in [6, 6.07) is -0.00206. The molecule has 0 aromatic carbocycles. The summed E-state index contributed by atoms with van der Waals surface area (Å²) in [4.78, 5) is 0. The molecule has 0 bridgehead atoms. The van der Waals surface area contributed by atoms with E-state index in [0.717, 1.165) is 44.2 Å². The van der Waals surface area contributed by atoms with E-state index in [1.807, 2.05) is 6.08 Å². The van der Waals surface area contributed by atoms with Crippen molar-refractivity contribution in [2.24, 2.45) is 17.8 Å². The van der Waals surface area contributed by atoms with E-state index >= 15 is 0 Å². The first kappa shape index (κ1) is 32.5. The van der Waals surface area contributed by atoms with Crippen molar-refractivity contribution in [2.45, 2.75) is 120 Å². The summed E-state index contributed by atoms with van der Waals surface area (Å²) in [5.74, 6) is 1.69. The highest BCUT2D eigenvalue weighted by Crippen LogP contribution is 2.48. The summed E-state index contributed by atoms with van der Waals surface area (Å²) >= 11 is 0. The molecule has 10 nitrogen and oxygen atoms in total. The number of amides is 1. The lowest BCUT2D eigenvalue weighted by molar-refractivity contribution is -0.862. The normalized spacial score (nSPS) is 37.4. The number of unbranched alkanes of at least 4 members (excludes halogenated alkanes) is 1. The largest absolute Gasteiger partial charge is 0.748 e. The number of carbonyl (C=O) groups excluding carboxylic acids is 1. The molecule has 1 spiro atoms. The lowest BCUT2D eigenvalue weighted by Gasteiger charge is -2.40. The van der Waals surface area contributed by atoms with E-state index in [-0.39, 0.29) is 40.8 Å². The Labute approximate surface area is 263 Å². The van der Waals surface area contributed by atoms with Crippen LogP contribution in [0.1, 0.15) is 96.3 Å². The van der Waals surface area contributed by atoms with Gasteiger partial charge in [0.05, 0.1) is 28.7 Å². The van der Waals surface area contributed by atoms with Crippen LogP contribution in [0.2, 0.25) is 0 Å². The molecular formula is C32H50N2O8S2+2. The lowest BCUT2D eigenvalue weighted by Crippen LogP contribution is -2.64. The maximum atomic E-state index is 13.0. The van der Waals surface area contributed by atoms with Gasteiger partial charge in [-0.1, -0.05) is 38.2 Å². The fourth-order valence-electron chi connectivity index (χ4n) is 9.61. The molecule has 44 heavy (non-hydrogen) atoms. The molecule has 3 heterocycles. The predicted octanol–water partition coefficient (Wildman–Crippen LogP) is 4.05. The van der Waals surface area contributed by atoms with Crippen molar-refractivity contribution in [3.63, 3.8) is 0 Å². The third-order valence-electron chi connectivity index (χ3n) is 11.7. The van der Waals surface area contributed by atoms with Crippen molar-refractivity contribution in [1.29, 1.82) is 0 Å². The second-order valence-electron chi connectivity index (χ2n) is 14.1. The van der Waals surface area contributed by atoms with Crippen LogP contribution in [0.3, 0.4) is 0 Å². The second-order valence-corrected chi connectivity index (χ2v) is 17.2. The van der Waals surface area contributed by atoms with E-state index < -0.39 is 25.6 Å². The predicted molar refractivity (Wildman–Crippen MR) is 165 cm³/mol. The van der Waals surface area contributed by atoms with E-state index in [4.69, 9.17) is 9.16 Å². The highest BCUT2D eigenvalue weighted by molar-refractivity contribution is 7.86. The molecule has 3 aliphatic heterocycles. The number of ether oxygens (including phenoxy) is 1. The number of hydrogen-bond acceptors (Lipinski definition) is 6. The molecular weight excluding hydrogens is 604 g/mol. The van der Waals surface area contributed by atoms with Gasteiger partial charge in [-0.15, -0.1) is 0 Å². The molecule has 3 aliphatic carbocycles. The number of fused-ring (bicyclic) bond motifs is 3. The fourth-order valence-corrected chi connectivity index (χ4v) is 11.5. The van der Waals surface area contributed by atoms with E-state index in [9.17, 15) is 25.9 Å². The maximum absolute atomic E-state index is 13.0. The Balaban J connectivity index is 1.35. The molecule has 0 aromatic heterocycles. The summed E-state index contributed by atoms with van der Waals surface area (Å²) in [7, 11) is -6.87. The highest BCUT2D eigenvalue weighted by atomic mass is 32.2. The van der Waals surface area contributed by atoms with Crippen LogP contribution in [-0.4, -0.2) is 96.2 Å². The van der Waals surface area contributed by atoms with Crippen molar-refractivity contribution in [3.05, 3.63) is 23.9 Å². The fraction of sp³-hybridized carbons (Fsp3) is 0.812. The minimum atomic E-state index is -4.33. The Morgan fingerprint density at radius 1 is 1.02 bits per heavy atom. The molecule has 0 aromatic rings. The standard InChI is InChI=1S/C32H49N2O8S2/c1-41-27-14-15-28-25(20-27)11-13-26(33(28)17-5-6-19-43(35,36)37)22-31-34(18-7-10-32(34)44(38,39)40)29-21-24(12-16-30(29)42-31)23-8-3-2-4-9-23/h11,13,22-25,27,29-30,32H,2-10,12,14-21H2,1H3/q+1/p+1/b26-22+. The van der Waals surface area contributed by atoms with Gasteiger partial charge in [-0.25, -0.2) is 8.42 Å². The molecule has 12 heteroatoms. The number of hydrogen-bond donors (Lipinski definition) is 1. The zero-order valence-electron chi connectivity index (χ0n) is 26.0. The average molecular weight is 655 g/mol. The third-order valence-corrected chi connectivity index (χ3v) is 13.8. The van der Waals surface area contributed by atoms with Crippen LogP contribution >= 0.6 is 0 Å². The quantitative estimate of drug-likeness (QED) is 0.0990. The van der Waals surface area contributed by atoms with Crippen molar-refractivity contribution in [2.75, 3.05) is 26.0 Å². The topological polar surface area (TPSA) is 135 Å². The van der Waals surface area contributed by atoms with Crippen LogP contribution in [0.15, 0.2) is 23.9 Å². The summed E-state index contributed by atoms with van der Waals surface area (Å²) in [5, 5.41) is -0.935. The SMILES string of the molecule is COC1CCC2=[N+](CCCCS(=O)(=O)[O-])/C(=C/C3=[O+]C4CCC(C5CCCCC5)CC4[N+]34CCCC4S(=O)(=O)O)C=CC2C1. The smallest absolute Gasteiger partial charge is 0.518 e. The molecule has 0 radical (unpaired) electrons. The first-order chi connectivity index (χ1) is 21.0. The summed E-state index contributed by atoms with van der Waals surface area (Å²) in [6.45, 7) is 1.18. The van der Waals surface area contributed by atoms with E-state index in [1.165, 1.54) is 37.8 Å². The molecule has 0 amide bonds. The van der Waals surface area contributed by atoms with Gasteiger partial charge in [0.25, 0.3) is 0 Å². The Morgan fingerprint density at radius 2 is 1.82 bits per heavy atom. The molecule has 1 N–H and O–H groups in total. The first-order valence-electron chi connectivity index (χ1n) is 16.9. The summed E-state index contributed by atoms with van der Waals surface area (Å²) in [5.41, 5.74) is 2.14. The first-order valence-corrected chi connectivity index (χ1v) is 19.9. The number of quaternary nitrogens is 1. The van der Waals surface area contributed by atoms with E-state index in [0.29, 0.717) is 50.1 Å². The van der Waals surface area contributed by atoms with Gasteiger partial charge in [-0.3, -0.25) is 4.55 Å². The van der Waals surface area contributed by atoms with Gasteiger partial charge < -0.3 is 9.29 Å². The molecule has 7 unspecified atom stereocenters. The number of nitrogens with zero attached hydrogens (tertiary/aromatic N) is 2. The molecule has 7 atom stereocenters. The monoisotopic (exact) mass is 654 g/mol. The Bertz CT molecular complexity index is 1430. The third kappa shape index (κ3) is 6.53.